The van der Waals surface area contributed by atoms with Gasteiger partial charge in [-0.2, -0.15) is 0 Å². The first kappa shape index (κ1) is 7.39. The van der Waals surface area contributed by atoms with Crippen molar-refractivity contribution in [2.75, 3.05) is 0 Å². The third kappa shape index (κ3) is 0.953. The van der Waals surface area contributed by atoms with E-state index in [4.69, 9.17) is 0 Å². The molecule has 0 saturated heterocycles. The zero-order chi connectivity index (χ0) is 7.84. The second-order valence-corrected chi connectivity index (χ2v) is 4.09. The second kappa shape index (κ2) is 2.66. The number of rotatable bonds is 2. The molecule has 4 atom stereocenters. The quantitative estimate of drug-likeness (QED) is 0.530. The molecule has 1 saturated carbocycles. The number of fused-ring (bicyclic) bond motifs is 2. The molecule has 0 spiro atoms. The smallest absolute Gasteiger partial charge is 0.0197 e. The summed E-state index contributed by atoms with van der Waals surface area (Å²) in [6, 6.07) is 0. The van der Waals surface area contributed by atoms with Crippen LogP contribution in [0.5, 0.6) is 0 Å². The third-order valence-electron chi connectivity index (χ3n) is 3.74. The van der Waals surface area contributed by atoms with E-state index in [-0.39, 0.29) is 0 Å². The maximum Gasteiger partial charge on any atom is -0.0197 e. The minimum absolute atomic E-state index is 0.954. The number of hydrogen-bond acceptors (Lipinski definition) is 0. The lowest BCUT2D eigenvalue weighted by Crippen LogP contribution is -2.17. The van der Waals surface area contributed by atoms with Gasteiger partial charge in [0.2, 0.25) is 0 Å². The van der Waals surface area contributed by atoms with E-state index >= 15 is 0 Å². The molecule has 2 rings (SSSR count). The van der Waals surface area contributed by atoms with Crippen LogP contribution in [-0.4, -0.2) is 0 Å². The maximum atomic E-state index is 2.46. The van der Waals surface area contributed by atoms with Crippen molar-refractivity contribution < 1.29 is 0 Å². The van der Waals surface area contributed by atoms with Crippen molar-refractivity contribution in [2.24, 2.45) is 23.7 Å². The highest BCUT2D eigenvalue weighted by Crippen LogP contribution is 2.50. The minimum atomic E-state index is 0.954. The number of allylic oxidation sites excluding steroid dienone is 2. The Morgan fingerprint density at radius 1 is 1.00 bits per heavy atom. The summed E-state index contributed by atoms with van der Waals surface area (Å²) in [4.78, 5) is 0. The Balaban J connectivity index is 2.15. The minimum Gasteiger partial charge on any atom is -0.0848 e. The molecule has 0 unspecified atom stereocenters. The van der Waals surface area contributed by atoms with Gasteiger partial charge in [0.15, 0.2) is 0 Å². The topological polar surface area (TPSA) is 0 Å². The van der Waals surface area contributed by atoms with Crippen LogP contribution >= 0.6 is 0 Å². The van der Waals surface area contributed by atoms with Crippen LogP contribution in [0.25, 0.3) is 0 Å². The lowest BCUT2D eigenvalue weighted by Gasteiger charge is -2.25. The molecule has 2 bridgehead atoms. The van der Waals surface area contributed by atoms with Gasteiger partial charge in [-0.1, -0.05) is 38.8 Å². The van der Waals surface area contributed by atoms with Crippen LogP contribution in [0, 0.1) is 23.7 Å². The Bertz CT molecular complexity index is 151. The molecule has 0 aromatic heterocycles. The lowest BCUT2D eigenvalue weighted by molar-refractivity contribution is 0.292. The van der Waals surface area contributed by atoms with Gasteiger partial charge in [0, 0.05) is 0 Å². The van der Waals surface area contributed by atoms with E-state index in [1.54, 1.807) is 0 Å². The van der Waals surface area contributed by atoms with Crippen LogP contribution in [0.3, 0.4) is 0 Å². The van der Waals surface area contributed by atoms with E-state index in [1.165, 1.54) is 19.3 Å². The molecule has 11 heavy (non-hydrogen) atoms. The predicted molar refractivity (Wildman–Crippen MR) is 48.3 cm³/mol. The first-order valence-corrected chi connectivity index (χ1v) is 5.05. The standard InChI is InChI=1S/C11H18/c1-3-10-8-5-6-9(7-8)11(10)4-2/h5-6,8-11H,3-4,7H2,1-2H3/t8-,9-,10-,11-/m0/s1. The summed E-state index contributed by atoms with van der Waals surface area (Å²) in [5.41, 5.74) is 0. The molecule has 0 heterocycles. The van der Waals surface area contributed by atoms with Crippen LogP contribution in [0.2, 0.25) is 0 Å². The maximum absolute atomic E-state index is 2.46. The van der Waals surface area contributed by atoms with Gasteiger partial charge in [0.25, 0.3) is 0 Å². The second-order valence-electron chi connectivity index (χ2n) is 4.09. The fourth-order valence-electron chi connectivity index (χ4n) is 3.24. The molecular weight excluding hydrogens is 132 g/mol. The average Bonchev–Trinajstić information content (AvgIpc) is 2.60. The normalized spacial score (nSPS) is 47.1. The van der Waals surface area contributed by atoms with Crippen molar-refractivity contribution in [3.05, 3.63) is 12.2 Å². The molecule has 0 radical (unpaired) electrons. The highest BCUT2D eigenvalue weighted by atomic mass is 14.5. The van der Waals surface area contributed by atoms with Crippen molar-refractivity contribution in [2.45, 2.75) is 33.1 Å². The van der Waals surface area contributed by atoms with Crippen LogP contribution in [0.4, 0.5) is 0 Å². The summed E-state index contributed by atoms with van der Waals surface area (Å²) in [6.07, 6.45) is 9.18. The first-order valence-electron chi connectivity index (χ1n) is 5.05. The van der Waals surface area contributed by atoms with Crippen molar-refractivity contribution in [3.8, 4) is 0 Å². The Labute approximate surface area is 69.7 Å². The molecule has 2 aliphatic rings. The van der Waals surface area contributed by atoms with Crippen molar-refractivity contribution in [3.63, 3.8) is 0 Å². The lowest BCUT2D eigenvalue weighted by atomic mass is 9.80. The summed E-state index contributed by atoms with van der Waals surface area (Å²) in [6.45, 7) is 4.70. The SMILES string of the molecule is CC[C@@H]1[C@@H](CC)[C@H]2C=C[C@H]1C2. The molecule has 2 aliphatic carbocycles. The molecule has 0 N–H and O–H groups in total. The van der Waals surface area contributed by atoms with Gasteiger partial charge < -0.3 is 0 Å². The van der Waals surface area contributed by atoms with Crippen LogP contribution in [0.1, 0.15) is 33.1 Å². The Morgan fingerprint density at radius 3 is 1.82 bits per heavy atom. The van der Waals surface area contributed by atoms with E-state index in [2.05, 4.69) is 26.0 Å². The molecule has 0 nitrogen and oxygen atoms in total. The van der Waals surface area contributed by atoms with Gasteiger partial charge in [0.1, 0.15) is 0 Å². The van der Waals surface area contributed by atoms with Gasteiger partial charge in [-0.25, -0.2) is 0 Å². The van der Waals surface area contributed by atoms with Crippen molar-refractivity contribution in [1.82, 2.24) is 0 Å². The van der Waals surface area contributed by atoms with Gasteiger partial charge in [-0.3, -0.25) is 0 Å². The summed E-state index contributed by atoms with van der Waals surface area (Å²) in [7, 11) is 0. The predicted octanol–water partition coefficient (Wildman–Crippen LogP) is 3.24. The third-order valence-corrected chi connectivity index (χ3v) is 3.74. The van der Waals surface area contributed by atoms with Crippen LogP contribution < -0.4 is 0 Å². The summed E-state index contributed by atoms with van der Waals surface area (Å²) in [5, 5.41) is 0. The first-order chi connectivity index (χ1) is 5.36. The van der Waals surface area contributed by atoms with Crippen molar-refractivity contribution >= 4 is 0 Å². The summed E-state index contributed by atoms with van der Waals surface area (Å²) in [5.74, 6) is 3.95. The largest absolute Gasteiger partial charge is 0.0848 e. The zero-order valence-electron chi connectivity index (χ0n) is 7.59. The average molecular weight is 150 g/mol. The van der Waals surface area contributed by atoms with E-state index in [0.29, 0.717) is 0 Å². The fourth-order valence-corrected chi connectivity index (χ4v) is 3.24. The molecule has 1 fully saturated rings. The van der Waals surface area contributed by atoms with Gasteiger partial charge in [-0.05, 0) is 30.1 Å². The van der Waals surface area contributed by atoms with E-state index < -0.39 is 0 Å². The monoisotopic (exact) mass is 150 g/mol. The number of hydrogen-bond donors (Lipinski definition) is 0. The highest BCUT2D eigenvalue weighted by Gasteiger charge is 2.41. The molecular formula is C11H18. The van der Waals surface area contributed by atoms with Crippen LogP contribution in [0.15, 0.2) is 12.2 Å². The zero-order valence-corrected chi connectivity index (χ0v) is 7.59. The fraction of sp³-hybridized carbons (Fsp3) is 0.818. The molecule has 0 amide bonds. The highest BCUT2D eigenvalue weighted by molar-refractivity contribution is 5.12. The van der Waals surface area contributed by atoms with Crippen LogP contribution in [-0.2, 0) is 0 Å². The molecule has 62 valence electrons. The summed E-state index contributed by atoms with van der Waals surface area (Å²) >= 11 is 0. The van der Waals surface area contributed by atoms with E-state index in [1.807, 2.05) is 0 Å². The Kier molecular flexibility index (Phi) is 1.78. The molecule has 0 aromatic carbocycles. The van der Waals surface area contributed by atoms with E-state index in [9.17, 15) is 0 Å². The molecule has 0 aromatic rings. The van der Waals surface area contributed by atoms with Crippen molar-refractivity contribution in [1.29, 1.82) is 0 Å². The van der Waals surface area contributed by atoms with Gasteiger partial charge in [-0.15, -0.1) is 0 Å². The molecule has 0 heteroatoms. The van der Waals surface area contributed by atoms with E-state index in [0.717, 1.165) is 23.7 Å². The summed E-state index contributed by atoms with van der Waals surface area (Å²) < 4.78 is 0. The van der Waals surface area contributed by atoms with Gasteiger partial charge >= 0.3 is 0 Å². The van der Waals surface area contributed by atoms with Gasteiger partial charge in [0.05, 0.1) is 0 Å². The Hall–Kier alpha value is -0.260. The molecule has 0 aliphatic heterocycles. The Morgan fingerprint density at radius 2 is 1.45 bits per heavy atom.